The second-order valence-electron chi connectivity index (χ2n) is 7.57. The fraction of sp³-hybridized carbons (Fsp3) is 0.217. The van der Waals surface area contributed by atoms with Crippen LogP contribution in [0.1, 0.15) is 36.3 Å². The minimum absolute atomic E-state index is 0.116. The number of aryl methyl sites for hydroxylation is 1. The van der Waals surface area contributed by atoms with Gasteiger partial charge in [0.05, 0.1) is 29.0 Å². The molecule has 7 nitrogen and oxygen atoms in total. The predicted molar refractivity (Wildman–Crippen MR) is 121 cm³/mol. The molecule has 0 saturated carbocycles. The lowest BCUT2D eigenvalue weighted by Gasteiger charge is -2.21. The third-order valence-electron chi connectivity index (χ3n) is 5.34. The van der Waals surface area contributed by atoms with Gasteiger partial charge in [0.25, 0.3) is 6.43 Å². The standard InChI is InChI=1S/C23H21F3N6O/c1-12(16-5-4-6-17(20(16)24)21(25)26)29-22-18-9-14(7-8-19(18)30-13(2)31-22)32(3)15-10-27-23(33)28-11-15/h4-12,21H,1-3H3,(H,27,28,33)(H,29,30,31)/t12-/m1/s1. The van der Waals surface area contributed by atoms with Crippen LogP contribution >= 0.6 is 0 Å². The molecule has 0 bridgehead atoms. The molecule has 0 aliphatic carbocycles. The first kappa shape index (κ1) is 22.3. The normalized spacial score (nSPS) is 12.2. The van der Waals surface area contributed by atoms with E-state index in [9.17, 15) is 18.0 Å². The molecule has 2 heterocycles. The monoisotopic (exact) mass is 454 g/mol. The molecule has 4 rings (SSSR count). The molecule has 0 spiro atoms. The quantitative estimate of drug-likeness (QED) is 0.425. The molecule has 33 heavy (non-hydrogen) atoms. The molecule has 0 saturated heterocycles. The van der Waals surface area contributed by atoms with Gasteiger partial charge in [-0.3, -0.25) is 0 Å². The van der Waals surface area contributed by atoms with Crippen molar-refractivity contribution in [3.8, 4) is 0 Å². The van der Waals surface area contributed by atoms with Gasteiger partial charge in [0.1, 0.15) is 17.5 Å². The SMILES string of the molecule is Cc1nc(N[C@H](C)c2cccc(C(F)F)c2F)c2cc(N(C)c3cnc(=O)[nH]c3)ccc2n1. The van der Waals surface area contributed by atoms with Crippen LogP contribution in [-0.4, -0.2) is 27.0 Å². The number of nitrogens with zero attached hydrogens (tertiary/aromatic N) is 4. The van der Waals surface area contributed by atoms with E-state index in [1.165, 1.54) is 18.3 Å². The average molecular weight is 454 g/mol. The van der Waals surface area contributed by atoms with E-state index in [2.05, 4.69) is 25.3 Å². The van der Waals surface area contributed by atoms with E-state index in [4.69, 9.17) is 0 Å². The van der Waals surface area contributed by atoms with Crippen LogP contribution in [0.25, 0.3) is 10.9 Å². The summed E-state index contributed by atoms with van der Waals surface area (Å²) in [6, 6.07) is 8.85. The average Bonchev–Trinajstić information content (AvgIpc) is 2.78. The smallest absolute Gasteiger partial charge is 0.345 e. The maximum Gasteiger partial charge on any atom is 0.345 e. The molecule has 0 aliphatic heterocycles. The van der Waals surface area contributed by atoms with Crippen molar-refractivity contribution < 1.29 is 13.2 Å². The summed E-state index contributed by atoms with van der Waals surface area (Å²) in [4.78, 5) is 28.3. The van der Waals surface area contributed by atoms with Crippen LogP contribution < -0.4 is 15.9 Å². The van der Waals surface area contributed by atoms with E-state index in [0.29, 0.717) is 28.2 Å². The van der Waals surface area contributed by atoms with Crippen LogP contribution in [0.5, 0.6) is 0 Å². The van der Waals surface area contributed by atoms with Gasteiger partial charge in [0, 0.05) is 29.9 Å². The van der Waals surface area contributed by atoms with Gasteiger partial charge < -0.3 is 15.2 Å². The van der Waals surface area contributed by atoms with Crippen molar-refractivity contribution >= 4 is 28.1 Å². The summed E-state index contributed by atoms with van der Waals surface area (Å²) in [5, 5.41) is 3.81. The molecule has 10 heteroatoms. The lowest BCUT2D eigenvalue weighted by molar-refractivity contribution is 0.146. The highest BCUT2D eigenvalue weighted by Gasteiger charge is 2.20. The molecule has 0 aliphatic rings. The Morgan fingerprint density at radius 1 is 1.09 bits per heavy atom. The summed E-state index contributed by atoms with van der Waals surface area (Å²) in [6.07, 6.45) is 0.0969. The summed E-state index contributed by atoms with van der Waals surface area (Å²) in [6.45, 7) is 3.41. The van der Waals surface area contributed by atoms with Crippen molar-refractivity contribution in [1.29, 1.82) is 0 Å². The van der Waals surface area contributed by atoms with Crippen LogP contribution in [0.4, 0.5) is 30.4 Å². The Balaban J connectivity index is 1.73. The molecule has 4 aromatic rings. The predicted octanol–water partition coefficient (Wildman–Crippen LogP) is 5.04. The van der Waals surface area contributed by atoms with Crippen LogP contribution in [0.15, 0.2) is 53.6 Å². The van der Waals surface area contributed by atoms with E-state index >= 15 is 0 Å². The number of H-pyrrole nitrogens is 1. The first-order valence-electron chi connectivity index (χ1n) is 10.1. The summed E-state index contributed by atoms with van der Waals surface area (Å²) >= 11 is 0. The number of benzene rings is 2. The van der Waals surface area contributed by atoms with Crippen molar-refractivity contribution in [3.05, 3.63) is 82.0 Å². The highest BCUT2D eigenvalue weighted by molar-refractivity contribution is 5.92. The number of nitrogens with one attached hydrogen (secondary N) is 2. The zero-order valence-corrected chi connectivity index (χ0v) is 18.1. The summed E-state index contributed by atoms with van der Waals surface area (Å²) in [7, 11) is 1.81. The zero-order valence-electron chi connectivity index (χ0n) is 18.1. The summed E-state index contributed by atoms with van der Waals surface area (Å²) in [5.74, 6) is 0.0141. The van der Waals surface area contributed by atoms with E-state index in [-0.39, 0.29) is 5.56 Å². The van der Waals surface area contributed by atoms with Gasteiger partial charge in [-0.1, -0.05) is 18.2 Å². The molecule has 0 fully saturated rings. The van der Waals surface area contributed by atoms with E-state index < -0.39 is 29.5 Å². The fourth-order valence-corrected chi connectivity index (χ4v) is 3.57. The third-order valence-corrected chi connectivity index (χ3v) is 5.34. The fourth-order valence-electron chi connectivity index (χ4n) is 3.57. The lowest BCUT2D eigenvalue weighted by Crippen LogP contribution is -2.15. The van der Waals surface area contributed by atoms with Crippen LogP contribution in [-0.2, 0) is 0 Å². The van der Waals surface area contributed by atoms with E-state index in [1.54, 1.807) is 20.0 Å². The topological polar surface area (TPSA) is 86.8 Å². The number of alkyl halides is 2. The molecule has 0 radical (unpaired) electrons. The van der Waals surface area contributed by atoms with Gasteiger partial charge in [0.15, 0.2) is 0 Å². The minimum Gasteiger partial charge on any atom is -0.363 e. The number of rotatable bonds is 6. The number of hydrogen-bond donors (Lipinski definition) is 2. The van der Waals surface area contributed by atoms with Crippen LogP contribution in [0.3, 0.4) is 0 Å². The largest absolute Gasteiger partial charge is 0.363 e. The lowest BCUT2D eigenvalue weighted by atomic mass is 10.0. The Morgan fingerprint density at radius 3 is 2.55 bits per heavy atom. The number of anilines is 3. The summed E-state index contributed by atoms with van der Waals surface area (Å²) in [5.41, 5.74) is 1.13. The van der Waals surface area contributed by atoms with Crippen LogP contribution in [0.2, 0.25) is 0 Å². The Morgan fingerprint density at radius 2 is 1.85 bits per heavy atom. The third kappa shape index (κ3) is 4.50. The molecule has 1 atom stereocenters. The number of hydrogen-bond acceptors (Lipinski definition) is 6. The van der Waals surface area contributed by atoms with Gasteiger partial charge in [-0.25, -0.2) is 27.9 Å². The molecule has 0 amide bonds. The number of aromatic nitrogens is 4. The number of halogens is 3. The molecule has 2 N–H and O–H groups in total. The Hall–Kier alpha value is -3.95. The van der Waals surface area contributed by atoms with Crippen molar-refractivity contribution in [3.63, 3.8) is 0 Å². The molecule has 0 unspecified atom stereocenters. The van der Waals surface area contributed by atoms with Gasteiger partial charge in [-0.05, 0) is 32.0 Å². The molecule has 2 aromatic carbocycles. The van der Waals surface area contributed by atoms with E-state index in [1.807, 2.05) is 30.1 Å². The van der Waals surface area contributed by atoms with Gasteiger partial charge in [-0.2, -0.15) is 4.98 Å². The maximum absolute atomic E-state index is 14.7. The second-order valence-corrected chi connectivity index (χ2v) is 7.57. The molecule has 170 valence electrons. The minimum atomic E-state index is -2.90. The number of fused-ring (bicyclic) bond motifs is 1. The van der Waals surface area contributed by atoms with E-state index in [0.717, 1.165) is 11.8 Å². The first-order chi connectivity index (χ1) is 15.7. The van der Waals surface area contributed by atoms with Crippen molar-refractivity contribution in [2.24, 2.45) is 0 Å². The Bertz CT molecular complexity index is 1350. The Labute approximate surface area is 187 Å². The highest BCUT2D eigenvalue weighted by Crippen LogP contribution is 2.32. The summed E-state index contributed by atoms with van der Waals surface area (Å²) < 4.78 is 40.9. The van der Waals surface area contributed by atoms with Crippen molar-refractivity contribution in [2.75, 3.05) is 17.3 Å². The zero-order chi connectivity index (χ0) is 23.7. The maximum atomic E-state index is 14.7. The highest BCUT2D eigenvalue weighted by atomic mass is 19.3. The second kappa shape index (κ2) is 8.89. The first-order valence-corrected chi connectivity index (χ1v) is 10.1. The van der Waals surface area contributed by atoms with Crippen LogP contribution in [0, 0.1) is 12.7 Å². The van der Waals surface area contributed by atoms with Gasteiger partial charge in [0.2, 0.25) is 0 Å². The van der Waals surface area contributed by atoms with Crippen molar-refractivity contribution in [1.82, 2.24) is 19.9 Å². The Kier molecular flexibility index (Phi) is 5.99. The number of aromatic amines is 1. The molecular weight excluding hydrogens is 433 g/mol. The van der Waals surface area contributed by atoms with Crippen molar-refractivity contribution in [2.45, 2.75) is 26.3 Å². The van der Waals surface area contributed by atoms with Gasteiger partial charge in [-0.15, -0.1) is 0 Å². The molecular formula is C23H21F3N6O. The molecule has 2 aromatic heterocycles. The van der Waals surface area contributed by atoms with Gasteiger partial charge >= 0.3 is 5.69 Å².